The maximum atomic E-state index is 5.38. The lowest BCUT2D eigenvalue weighted by Crippen LogP contribution is -2.06. The number of nitrogens with zero attached hydrogens (tertiary/aromatic N) is 3. The van der Waals surface area contributed by atoms with Gasteiger partial charge in [0.1, 0.15) is 0 Å². The predicted octanol–water partition coefficient (Wildman–Crippen LogP) is 8.38. The van der Waals surface area contributed by atoms with Gasteiger partial charge in [-0.15, -0.1) is 0 Å². The number of hydrogen-bond acceptors (Lipinski definition) is 2. The van der Waals surface area contributed by atoms with E-state index >= 15 is 0 Å². The highest BCUT2D eigenvalue weighted by molar-refractivity contribution is 6.09. The molecule has 0 saturated carbocycles. The van der Waals surface area contributed by atoms with Crippen LogP contribution >= 0.6 is 0 Å². The van der Waals surface area contributed by atoms with Crippen LogP contribution in [0.4, 0.5) is 0 Å². The highest BCUT2D eigenvalue weighted by Crippen LogP contribution is 2.50. The minimum absolute atomic E-state index is 0.739. The van der Waals surface area contributed by atoms with Gasteiger partial charge in [-0.1, -0.05) is 109 Å². The highest BCUT2D eigenvalue weighted by Gasteiger charge is 2.36. The largest absolute Gasteiger partial charge is 0.277 e. The summed E-state index contributed by atoms with van der Waals surface area (Å²) in [7, 11) is 0. The van der Waals surface area contributed by atoms with Gasteiger partial charge in [0, 0.05) is 40.3 Å². The van der Waals surface area contributed by atoms with Crippen LogP contribution in [0, 0.1) is 0 Å². The molecule has 0 fully saturated rings. The quantitative estimate of drug-likeness (QED) is 0.225. The van der Waals surface area contributed by atoms with Crippen molar-refractivity contribution >= 4 is 21.7 Å². The second-order valence-corrected chi connectivity index (χ2v) is 10.6. The first kappa shape index (κ1) is 21.0. The maximum absolute atomic E-state index is 5.38. The summed E-state index contributed by atoms with van der Waals surface area (Å²) in [5, 5.41) is 3.41. The topological polar surface area (TPSA) is 30.7 Å². The molecule has 0 radical (unpaired) electrons. The molecule has 0 unspecified atom stereocenters. The smallest absolute Gasteiger partial charge is 0.235 e. The highest BCUT2D eigenvalue weighted by atomic mass is 15.2. The standard InChI is InChI=1S/C36H23N3/c1-2-11-23(12-3-1)32-29-19-18-22-10-4-7-15-26(22)33(29)38-36(37-32)39-34-27-16-8-5-13-24(27)20-30(34)31-21-25-14-6-9-17-28(25)35(31)39/h1-19H,20-21H2. The zero-order valence-corrected chi connectivity index (χ0v) is 21.2. The third kappa shape index (κ3) is 2.87. The van der Waals surface area contributed by atoms with Crippen molar-refractivity contribution in [1.82, 2.24) is 14.5 Å². The molecular formula is C36H23N3. The van der Waals surface area contributed by atoms with Crippen LogP contribution in [0.2, 0.25) is 0 Å². The van der Waals surface area contributed by atoms with Gasteiger partial charge in [-0.2, -0.15) is 0 Å². The Morgan fingerprint density at radius 2 is 1.13 bits per heavy atom. The van der Waals surface area contributed by atoms with E-state index in [-0.39, 0.29) is 0 Å². The summed E-state index contributed by atoms with van der Waals surface area (Å²) in [6, 6.07) is 41.1. The first-order valence-electron chi connectivity index (χ1n) is 13.5. The van der Waals surface area contributed by atoms with Crippen LogP contribution in [0.1, 0.15) is 22.3 Å². The van der Waals surface area contributed by atoms with Gasteiger partial charge in [0.25, 0.3) is 0 Å². The molecule has 182 valence electrons. The lowest BCUT2D eigenvalue weighted by atomic mass is 10.0. The molecule has 0 bridgehead atoms. The van der Waals surface area contributed by atoms with Crippen molar-refractivity contribution in [2.75, 3.05) is 0 Å². The molecular weight excluding hydrogens is 474 g/mol. The third-order valence-electron chi connectivity index (χ3n) is 8.49. The Morgan fingerprint density at radius 1 is 0.513 bits per heavy atom. The fourth-order valence-electron chi connectivity index (χ4n) is 6.77. The molecule has 2 aliphatic carbocycles. The molecule has 0 spiro atoms. The van der Waals surface area contributed by atoms with Crippen LogP contribution in [-0.2, 0) is 12.8 Å². The summed E-state index contributed by atoms with van der Waals surface area (Å²) in [6.07, 6.45) is 1.91. The lowest BCUT2D eigenvalue weighted by molar-refractivity contribution is 0.969. The van der Waals surface area contributed by atoms with E-state index in [1.54, 1.807) is 0 Å². The first-order chi connectivity index (χ1) is 19.3. The van der Waals surface area contributed by atoms with Gasteiger partial charge in [0.05, 0.1) is 22.6 Å². The third-order valence-corrected chi connectivity index (χ3v) is 8.49. The molecule has 0 aliphatic heterocycles. The molecule has 0 atom stereocenters. The van der Waals surface area contributed by atoms with E-state index in [0.717, 1.165) is 46.3 Å². The molecule has 39 heavy (non-hydrogen) atoms. The Hall–Kier alpha value is -5.02. The van der Waals surface area contributed by atoms with E-state index in [1.165, 1.54) is 50.2 Å². The van der Waals surface area contributed by atoms with Crippen LogP contribution in [0.25, 0.3) is 61.4 Å². The van der Waals surface area contributed by atoms with Crippen molar-refractivity contribution < 1.29 is 0 Å². The Balaban J connectivity index is 1.44. The molecule has 9 rings (SSSR count). The minimum atomic E-state index is 0.739. The monoisotopic (exact) mass is 497 g/mol. The van der Waals surface area contributed by atoms with E-state index < -0.39 is 0 Å². The number of aromatic nitrogens is 3. The van der Waals surface area contributed by atoms with Crippen LogP contribution in [0.5, 0.6) is 0 Å². The Kier molecular flexibility index (Phi) is 4.17. The molecule has 2 aliphatic rings. The lowest BCUT2D eigenvalue weighted by Gasteiger charge is -2.16. The summed E-state index contributed by atoms with van der Waals surface area (Å²) >= 11 is 0. The van der Waals surface area contributed by atoms with Crippen LogP contribution in [-0.4, -0.2) is 14.5 Å². The summed E-state index contributed by atoms with van der Waals surface area (Å²) < 4.78 is 2.37. The molecule has 3 heteroatoms. The van der Waals surface area contributed by atoms with E-state index in [0.29, 0.717) is 0 Å². The number of fused-ring (bicyclic) bond motifs is 10. The van der Waals surface area contributed by atoms with Gasteiger partial charge >= 0.3 is 0 Å². The Bertz CT molecular complexity index is 2050. The van der Waals surface area contributed by atoms with Crippen molar-refractivity contribution in [1.29, 1.82) is 0 Å². The normalized spacial score (nSPS) is 12.9. The predicted molar refractivity (Wildman–Crippen MR) is 158 cm³/mol. The minimum Gasteiger partial charge on any atom is -0.277 e. The van der Waals surface area contributed by atoms with E-state index in [1.807, 2.05) is 0 Å². The van der Waals surface area contributed by atoms with Gasteiger partial charge in [-0.25, -0.2) is 9.97 Å². The molecule has 0 saturated heterocycles. The van der Waals surface area contributed by atoms with Crippen LogP contribution in [0.3, 0.4) is 0 Å². The fourth-order valence-corrected chi connectivity index (χ4v) is 6.77. The van der Waals surface area contributed by atoms with Crippen LogP contribution in [0.15, 0.2) is 115 Å². The fraction of sp³-hybridized carbons (Fsp3) is 0.0556. The molecule has 3 nitrogen and oxygen atoms in total. The van der Waals surface area contributed by atoms with Crippen molar-refractivity contribution in [3.63, 3.8) is 0 Å². The van der Waals surface area contributed by atoms with Crippen molar-refractivity contribution in [3.8, 4) is 39.7 Å². The van der Waals surface area contributed by atoms with Gasteiger partial charge < -0.3 is 0 Å². The van der Waals surface area contributed by atoms with Crippen LogP contribution < -0.4 is 0 Å². The zero-order chi connectivity index (χ0) is 25.5. The molecule has 0 N–H and O–H groups in total. The average Bonchev–Trinajstić information content (AvgIpc) is 3.65. The second kappa shape index (κ2) is 7.75. The molecule has 7 aromatic rings. The second-order valence-electron chi connectivity index (χ2n) is 10.6. The molecule has 5 aromatic carbocycles. The van der Waals surface area contributed by atoms with Crippen molar-refractivity contribution in [2.45, 2.75) is 12.8 Å². The molecule has 2 heterocycles. The first-order valence-corrected chi connectivity index (χ1v) is 13.5. The summed E-state index contributed by atoms with van der Waals surface area (Å²) in [6.45, 7) is 0. The van der Waals surface area contributed by atoms with Gasteiger partial charge in [0.2, 0.25) is 5.95 Å². The van der Waals surface area contributed by atoms with Gasteiger partial charge in [-0.3, -0.25) is 4.57 Å². The Morgan fingerprint density at radius 3 is 1.85 bits per heavy atom. The van der Waals surface area contributed by atoms with Crippen molar-refractivity contribution in [2.24, 2.45) is 0 Å². The SMILES string of the molecule is c1ccc(-c2nc(-n3c4c(c5c3-c3ccccc3C5)Cc3ccccc3-4)nc3c2ccc2ccccc23)cc1. The zero-order valence-electron chi connectivity index (χ0n) is 21.2. The van der Waals surface area contributed by atoms with Crippen molar-refractivity contribution in [3.05, 3.63) is 138 Å². The van der Waals surface area contributed by atoms with Gasteiger partial charge in [0.15, 0.2) is 0 Å². The van der Waals surface area contributed by atoms with Gasteiger partial charge in [-0.05, 0) is 33.7 Å². The number of rotatable bonds is 2. The van der Waals surface area contributed by atoms with E-state index in [4.69, 9.17) is 9.97 Å². The number of hydrogen-bond donors (Lipinski definition) is 0. The summed E-state index contributed by atoms with van der Waals surface area (Å²) in [4.78, 5) is 10.8. The molecule has 2 aromatic heterocycles. The van der Waals surface area contributed by atoms with E-state index in [9.17, 15) is 0 Å². The Labute approximate surface area is 226 Å². The average molecular weight is 498 g/mol. The van der Waals surface area contributed by atoms with E-state index in [2.05, 4.69) is 120 Å². The summed E-state index contributed by atoms with van der Waals surface area (Å²) in [5.41, 5.74) is 13.8. The maximum Gasteiger partial charge on any atom is 0.235 e. The number of benzene rings is 5. The summed E-state index contributed by atoms with van der Waals surface area (Å²) in [5.74, 6) is 0.739. The molecule has 0 amide bonds.